The lowest BCUT2D eigenvalue weighted by Gasteiger charge is -2.52. The molecular formula is C19H24N6O. The maximum Gasteiger partial charge on any atom is 0.213 e. The first-order chi connectivity index (χ1) is 12.6. The number of ether oxygens (including phenoxy) is 1. The Morgan fingerprint density at radius 3 is 2.81 bits per heavy atom. The van der Waals surface area contributed by atoms with Crippen LogP contribution in [0.5, 0.6) is 5.88 Å². The van der Waals surface area contributed by atoms with Crippen molar-refractivity contribution in [1.29, 1.82) is 5.26 Å². The van der Waals surface area contributed by atoms with E-state index in [0.717, 1.165) is 32.6 Å². The van der Waals surface area contributed by atoms with Crippen molar-refractivity contribution in [2.45, 2.75) is 18.5 Å². The van der Waals surface area contributed by atoms with Crippen molar-refractivity contribution in [3.05, 3.63) is 41.9 Å². The van der Waals surface area contributed by atoms with Crippen molar-refractivity contribution in [2.75, 3.05) is 33.3 Å². The molecule has 136 valence electrons. The van der Waals surface area contributed by atoms with E-state index >= 15 is 0 Å². The van der Waals surface area contributed by atoms with Crippen LogP contribution in [-0.4, -0.2) is 63.4 Å². The predicted octanol–water partition coefficient (Wildman–Crippen LogP) is 1.27. The van der Waals surface area contributed by atoms with Crippen LogP contribution >= 0.6 is 0 Å². The number of hydrogen-bond acceptors (Lipinski definition) is 6. The number of nitriles is 1. The maximum absolute atomic E-state index is 8.82. The summed E-state index contributed by atoms with van der Waals surface area (Å²) in [5.74, 6) is 1.11. The molecule has 0 amide bonds. The molecule has 0 aliphatic carbocycles. The Hall–Kier alpha value is -2.43. The molecule has 2 saturated heterocycles. The minimum Gasteiger partial charge on any atom is -0.477 e. The van der Waals surface area contributed by atoms with Gasteiger partial charge >= 0.3 is 0 Å². The molecule has 1 atom stereocenters. The average Bonchev–Trinajstić information content (AvgIpc) is 3.16. The van der Waals surface area contributed by atoms with Gasteiger partial charge in [0.2, 0.25) is 5.88 Å². The second kappa shape index (κ2) is 6.71. The molecule has 2 aromatic rings. The van der Waals surface area contributed by atoms with Crippen molar-refractivity contribution in [3.8, 4) is 11.9 Å². The summed E-state index contributed by atoms with van der Waals surface area (Å²) in [6.45, 7) is 4.90. The molecule has 2 aliphatic heterocycles. The third kappa shape index (κ3) is 3.30. The van der Waals surface area contributed by atoms with Gasteiger partial charge in [-0.25, -0.2) is 4.98 Å². The molecule has 4 rings (SSSR count). The summed E-state index contributed by atoms with van der Waals surface area (Å²) in [4.78, 5) is 9.16. The van der Waals surface area contributed by atoms with E-state index in [4.69, 9.17) is 10.00 Å². The lowest BCUT2D eigenvalue weighted by Crippen LogP contribution is -2.66. The number of hydrogen-bond donors (Lipinski definition) is 0. The topological polar surface area (TPSA) is 70.2 Å². The van der Waals surface area contributed by atoms with Crippen LogP contribution in [0.3, 0.4) is 0 Å². The van der Waals surface area contributed by atoms with Gasteiger partial charge in [-0.3, -0.25) is 14.5 Å². The zero-order chi connectivity index (χ0) is 18.1. The van der Waals surface area contributed by atoms with Gasteiger partial charge < -0.3 is 4.74 Å². The highest BCUT2D eigenvalue weighted by molar-refractivity contribution is 5.28. The number of likely N-dealkylation sites (N-methyl/N-ethyl adjacent to an activating group) is 1. The van der Waals surface area contributed by atoms with Crippen LogP contribution in [-0.2, 0) is 13.6 Å². The predicted molar refractivity (Wildman–Crippen MR) is 96.4 cm³/mol. The standard InChI is InChI=1S/C19H24N6O/c1-23-9-16(12-26-18-4-3-15(6-20)7-21-18)5-19(23)13-25(14-19)11-17-8-22-24(2)10-17/h3-4,7-8,10,16H,5,9,11-14H2,1-2H3/t16-/m1/s1. The molecular weight excluding hydrogens is 328 g/mol. The molecule has 0 unspecified atom stereocenters. The van der Waals surface area contributed by atoms with E-state index < -0.39 is 0 Å². The third-order valence-corrected chi connectivity index (χ3v) is 5.54. The van der Waals surface area contributed by atoms with Crippen molar-refractivity contribution >= 4 is 0 Å². The van der Waals surface area contributed by atoms with Gasteiger partial charge in [0.15, 0.2) is 0 Å². The van der Waals surface area contributed by atoms with Crippen LogP contribution in [0.25, 0.3) is 0 Å². The number of likely N-dealkylation sites (tertiary alicyclic amines) is 2. The lowest BCUT2D eigenvalue weighted by atomic mass is 9.84. The van der Waals surface area contributed by atoms with Gasteiger partial charge in [-0.2, -0.15) is 10.4 Å². The maximum atomic E-state index is 8.82. The van der Waals surface area contributed by atoms with E-state index in [0.29, 0.717) is 24.0 Å². The molecule has 2 fully saturated rings. The molecule has 0 bridgehead atoms. The number of aryl methyl sites for hydroxylation is 1. The van der Waals surface area contributed by atoms with Gasteiger partial charge in [-0.15, -0.1) is 0 Å². The van der Waals surface area contributed by atoms with E-state index in [-0.39, 0.29) is 5.54 Å². The van der Waals surface area contributed by atoms with Crippen molar-refractivity contribution in [2.24, 2.45) is 13.0 Å². The average molecular weight is 352 g/mol. The Morgan fingerprint density at radius 2 is 2.15 bits per heavy atom. The molecule has 4 heterocycles. The number of aromatic nitrogens is 3. The summed E-state index contributed by atoms with van der Waals surface area (Å²) in [6, 6.07) is 5.58. The fraction of sp³-hybridized carbons (Fsp3) is 0.526. The molecule has 2 aliphatic rings. The number of nitrogens with zero attached hydrogens (tertiary/aromatic N) is 6. The fourth-order valence-electron chi connectivity index (χ4n) is 4.27. The van der Waals surface area contributed by atoms with E-state index in [1.54, 1.807) is 18.3 Å². The first-order valence-electron chi connectivity index (χ1n) is 8.96. The van der Waals surface area contributed by atoms with Crippen LogP contribution in [0.15, 0.2) is 30.7 Å². The van der Waals surface area contributed by atoms with E-state index in [1.165, 1.54) is 5.56 Å². The van der Waals surface area contributed by atoms with Crippen LogP contribution in [0.4, 0.5) is 0 Å². The van der Waals surface area contributed by atoms with Crippen molar-refractivity contribution < 1.29 is 4.74 Å². The Kier molecular flexibility index (Phi) is 4.39. The molecule has 0 radical (unpaired) electrons. The summed E-state index contributed by atoms with van der Waals surface area (Å²) < 4.78 is 7.71. The Morgan fingerprint density at radius 1 is 1.31 bits per heavy atom. The quantitative estimate of drug-likeness (QED) is 0.807. The lowest BCUT2D eigenvalue weighted by molar-refractivity contribution is -0.0222. The zero-order valence-electron chi connectivity index (χ0n) is 15.3. The highest BCUT2D eigenvalue weighted by Crippen LogP contribution is 2.40. The molecule has 1 spiro atoms. The molecule has 2 aromatic heterocycles. The third-order valence-electron chi connectivity index (χ3n) is 5.54. The van der Waals surface area contributed by atoms with E-state index in [2.05, 4.69) is 39.2 Å². The SMILES string of the molecule is CN1C[C@H](COc2ccc(C#N)cn2)CC12CN(Cc1cnn(C)c1)C2. The molecule has 7 heteroatoms. The van der Waals surface area contributed by atoms with Gasteiger partial charge in [-0.1, -0.05) is 0 Å². The summed E-state index contributed by atoms with van der Waals surface area (Å²) in [7, 11) is 4.18. The highest BCUT2D eigenvalue weighted by atomic mass is 16.5. The van der Waals surface area contributed by atoms with Crippen LogP contribution in [0, 0.1) is 17.2 Å². The first kappa shape index (κ1) is 17.0. The van der Waals surface area contributed by atoms with Gasteiger partial charge in [0.1, 0.15) is 6.07 Å². The highest BCUT2D eigenvalue weighted by Gasteiger charge is 2.51. The van der Waals surface area contributed by atoms with Crippen LogP contribution in [0.1, 0.15) is 17.5 Å². The van der Waals surface area contributed by atoms with E-state index in [1.807, 2.05) is 17.9 Å². The molecule has 0 saturated carbocycles. The number of rotatable bonds is 5. The molecule has 0 N–H and O–H groups in total. The van der Waals surface area contributed by atoms with Crippen molar-refractivity contribution in [1.82, 2.24) is 24.6 Å². The molecule has 7 nitrogen and oxygen atoms in total. The second-order valence-electron chi connectivity index (χ2n) is 7.65. The zero-order valence-corrected chi connectivity index (χ0v) is 15.3. The van der Waals surface area contributed by atoms with E-state index in [9.17, 15) is 0 Å². The first-order valence-corrected chi connectivity index (χ1v) is 8.96. The Balaban J connectivity index is 1.27. The smallest absolute Gasteiger partial charge is 0.213 e. The minimum absolute atomic E-state index is 0.286. The Labute approximate surface area is 153 Å². The fourth-order valence-corrected chi connectivity index (χ4v) is 4.27. The molecule has 0 aromatic carbocycles. The Bertz CT molecular complexity index is 802. The number of pyridine rings is 1. The van der Waals surface area contributed by atoms with Gasteiger partial charge in [0.05, 0.1) is 18.4 Å². The largest absolute Gasteiger partial charge is 0.477 e. The van der Waals surface area contributed by atoms with Gasteiger partial charge in [0.25, 0.3) is 0 Å². The summed E-state index contributed by atoms with van der Waals surface area (Å²) in [5.41, 5.74) is 2.11. The minimum atomic E-state index is 0.286. The normalized spacial score (nSPS) is 22.3. The summed E-state index contributed by atoms with van der Waals surface area (Å²) >= 11 is 0. The summed E-state index contributed by atoms with van der Waals surface area (Å²) in [6.07, 6.45) is 6.75. The van der Waals surface area contributed by atoms with Crippen molar-refractivity contribution in [3.63, 3.8) is 0 Å². The molecule has 26 heavy (non-hydrogen) atoms. The monoisotopic (exact) mass is 352 g/mol. The summed E-state index contributed by atoms with van der Waals surface area (Å²) in [5, 5.41) is 13.1. The van der Waals surface area contributed by atoms with Gasteiger partial charge in [-0.05, 0) is 19.5 Å². The van der Waals surface area contributed by atoms with Gasteiger partial charge in [0, 0.05) is 68.7 Å². The second-order valence-corrected chi connectivity index (χ2v) is 7.65. The van der Waals surface area contributed by atoms with Crippen LogP contribution in [0.2, 0.25) is 0 Å². The van der Waals surface area contributed by atoms with Crippen LogP contribution < -0.4 is 4.74 Å².